The van der Waals surface area contributed by atoms with Gasteiger partial charge in [-0.05, 0) is 19.1 Å². The molecule has 0 saturated heterocycles. The lowest BCUT2D eigenvalue weighted by Crippen LogP contribution is -1.93. The van der Waals surface area contributed by atoms with Gasteiger partial charge in [0, 0.05) is 16.6 Å². The van der Waals surface area contributed by atoms with Crippen LogP contribution in [0.4, 0.5) is 8.78 Å². The van der Waals surface area contributed by atoms with Crippen molar-refractivity contribution in [2.45, 2.75) is 13.3 Å². The van der Waals surface area contributed by atoms with E-state index in [4.69, 9.17) is 0 Å². The fourth-order valence-electron chi connectivity index (χ4n) is 1.45. The molecule has 1 aromatic heterocycles. The molecule has 3 heteroatoms. The standard InChI is InChI=1S/C11H9F2N/c1-7-9(11(12)13)6-8-4-2-3-5-10(8)14-7/h2-6,11H,1H3. The van der Waals surface area contributed by atoms with Crippen LogP contribution in [0.2, 0.25) is 0 Å². The third-order valence-corrected chi connectivity index (χ3v) is 2.19. The number of fused-ring (bicyclic) bond motifs is 1. The predicted molar refractivity (Wildman–Crippen MR) is 51.4 cm³/mol. The largest absolute Gasteiger partial charge is 0.265 e. The molecule has 0 atom stereocenters. The van der Waals surface area contributed by atoms with Gasteiger partial charge < -0.3 is 0 Å². The number of halogens is 2. The van der Waals surface area contributed by atoms with Gasteiger partial charge in [-0.25, -0.2) is 8.78 Å². The second-order valence-corrected chi connectivity index (χ2v) is 3.16. The fraction of sp³-hybridized carbons (Fsp3) is 0.182. The average molecular weight is 193 g/mol. The monoisotopic (exact) mass is 193 g/mol. The Morgan fingerprint density at radius 2 is 1.93 bits per heavy atom. The summed E-state index contributed by atoms with van der Waals surface area (Å²) in [5, 5.41) is 0.758. The van der Waals surface area contributed by atoms with Crippen molar-refractivity contribution in [3.05, 3.63) is 41.6 Å². The number of alkyl halides is 2. The Hall–Kier alpha value is -1.51. The van der Waals surface area contributed by atoms with Gasteiger partial charge in [-0.15, -0.1) is 0 Å². The summed E-state index contributed by atoms with van der Waals surface area (Å²) in [7, 11) is 0. The first-order valence-corrected chi connectivity index (χ1v) is 4.33. The normalized spacial score (nSPS) is 11.1. The summed E-state index contributed by atoms with van der Waals surface area (Å²) < 4.78 is 25.0. The topological polar surface area (TPSA) is 12.9 Å². The third kappa shape index (κ3) is 1.45. The lowest BCUT2D eigenvalue weighted by molar-refractivity contribution is 0.150. The minimum atomic E-state index is -2.45. The number of pyridine rings is 1. The molecule has 1 aromatic carbocycles. The molecule has 0 radical (unpaired) electrons. The molecule has 0 N–H and O–H groups in total. The van der Waals surface area contributed by atoms with Crippen LogP contribution in [0.25, 0.3) is 10.9 Å². The van der Waals surface area contributed by atoms with E-state index in [0.717, 1.165) is 10.9 Å². The zero-order valence-corrected chi connectivity index (χ0v) is 7.67. The zero-order valence-electron chi connectivity index (χ0n) is 7.67. The molecule has 1 heterocycles. The molecular weight excluding hydrogens is 184 g/mol. The average Bonchev–Trinajstić information content (AvgIpc) is 2.16. The highest BCUT2D eigenvalue weighted by Crippen LogP contribution is 2.24. The van der Waals surface area contributed by atoms with Crippen molar-refractivity contribution in [3.63, 3.8) is 0 Å². The third-order valence-electron chi connectivity index (χ3n) is 2.19. The molecule has 14 heavy (non-hydrogen) atoms. The van der Waals surface area contributed by atoms with Crippen molar-refractivity contribution in [2.24, 2.45) is 0 Å². The molecule has 0 spiro atoms. The highest BCUT2D eigenvalue weighted by atomic mass is 19.3. The summed E-state index contributed by atoms with van der Waals surface area (Å²) >= 11 is 0. The summed E-state index contributed by atoms with van der Waals surface area (Å²) in [5.74, 6) is 0. The van der Waals surface area contributed by atoms with Crippen molar-refractivity contribution in [1.82, 2.24) is 4.98 Å². The highest BCUT2D eigenvalue weighted by molar-refractivity contribution is 5.79. The van der Waals surface area contributed by atoms with Gasteiger partial charge in [-0.2, -0.15) is 0 Å². The molecular formula is C11H9F2N. The van der Waals surface area contributed by atoms with E-state index in [1.807, 2.05) is 18.2 Å². The lowest BCUT2D eigenvalue weighted by Gasteiger charge is -2.05. The van der Waals surface area contributed by atoms with Crippen LogP contribution >= 0.6 is 0 Å². The second-order valence-electron chi connectivity index (χ2n) is 3.16. The Kier molecular flexibility index (Phi) is 2.15. The predicted octanol–water partition coefficient (Wildman–Crippen LogP) is 3.48. The van der Waals surface area contributed by atoms with Gasteiger partial charge in [-0.3, -0.25) is 4.98 Å². The minimum absolute atomic E-state index is 0.0173. The molecule has 0 unspecified atom stereocenters. The van der Waals surface area contributed by atoms with Crippen molar-refractivity contribution in [1.29, 1.82) is 0 Å². The quantitative estimate of drug-likeness (QED) is 0.675. The molecule has 72 valence electrons. The van der Waals surface area contributed by atoms with E-state index in [0.29, 0.717) is 5.69 Å². The van der Waals surface area contributed by atoms with E-state index in [-0.39, 0.29) is 5.56 Å². The summed E-state index contributed by atoms with van der Waals surface area (Å²) in [5.41, 5.74) is 1.18. The van der Waals surface area contributed by atoms with Gasteiger partial charge >= 0.3 is 0 Å². The number of aromatic nitrogens is 1. The van der Waals surface area contributed by atoms with E-state index in [9.17, 15) is 8.78 Å². The van der Waals surface area contributed by atoms with Gasteiger partial charge in [0.1, 0.15) is 0 Å². The summed E-state index contributed by atoms with van der Waals surface area (Å²) in [6.07, 6.45) is -2.45. The maximum atomic E-state index is 12.5. The van der Waals surface area contributed by atoms with Gasteiger partial charge in [0.05, 0.1) is 5.52 Å². The molecule has 1 nitrogen and oxygen atoms in total. The van der Waals surface area contributed by atoms with Crippen LogP contribution in [0, 0.1) is 6.92 Å². The Morgan fingerprint density at radius 1 is 1.21 bits per heavy atom. The Bertz CT molecular complexity index is 466. The number of hydrogen-bond acceptors (Lipinski definition) is 1. The smallest absolute Gasteiger partial charge is 0.253 e. The molecule has 0 bridgehead atoms. The van der Waals surface area contributed by atoms with E-state index >= 15 is 0 Å². The van der Waals surface area contributed by atoms with Crippen molar-refractivity contribution < 1.29 is 8.78 Å². The molecule has 0 amide bonds. The lowest BCUT2D eigenvalue weighted by atomic mass is 10.1. The SMILES string of the molecule is Cc1nc2ccccc2cc1C(F)F. The van der Waals surface area contributed by atoms with E-state index in [1.165, 1.54) is 6.07 Å². The number of benzene rings is 1. The number of hydrogen-bond donors (Lipinski definition) is 0. The van der Waals surface area contributed by atoms with E-state index < -0.39 is 6.43 Å². The molecule has 0 fully saturated rings. The Morgan fingerprint density at radius 3 is 2.64 bits per heavy atom. The van der Waals surface area contributed by atoms with Gasteiger partial charge in [-0.1, -0.05) is 18.2 Å². The minimum Gasteiger partial charge on any atom is -0.253 e. The van der Waals surface area contributed by atoms with Crippen LogP contribution in [0.3, 0.4) is 0 Å². The first-order valence-electron chi connectivity index (χ1n) is 4.33. The number of rotatable bonds is 1. The molecule has 0 saturated carbocycles. The molecule has 0 aliphatic rings. The number of nitrogens with zero attached hydrogens (tertiary/aromatic N) is 1. The summed E-state index contributed by atoms with van der Waals surface area (Å²) in [6.45, 7) is 1.61. The van der Waals surface area contributed by atoms with Crippen molar-refractivity contribution in [3.8, 4) is 0 Å². The van der Waals surface area contributed by atoms with Crippen molar-refractivity contribution in [2.75, 3.05) is 0 Å². The van der Waals surface area contributed by atoms with Gasteiger partial charge in [0.15, 0.2) is 0 Å². The second kappa shape index (κ2) is 3.33. The van der Waals surface area contributed by atoms with Crippen LogP contribution in [0.15, 0.2) is 30.3 Å². The number of aryl methyl sites for hydroxylation is 1. The first kappa shape index (κ1) is 9.06. The Labute approximate surface area is 80.4 Å². The first-order chi connectivity index (χ1) is 6.68. The van der Waals surface area contributed by atoms with Crippen LogP contribution in [0.1, 0.15) is 17.7 Å². The highest BCUT2D eigenvalue weighted by Gasteiger charge is 2.12. The molecule has 0 aliphatic heterocycles. The fourth-order valence-corrected chi connectivity index (χ4v) is 1.45. The van der Waals surface area contributed by atoms with Crippen LogP contribution in [-0.2, 0) is 0 Å². The van der Waals surface area contributed by atoms with Gasteiger partial charge in [0.2, 0.25) is 0 Å². The molecule has 0 aliphatic carbocycles. The summed E-state index contributed by atoms with van der Waals surface area (Å²) in [6, 6.07) is 8.76. The Balaban J connectivity index is 2.71. The molecule has 2 aromatic rings. The zero-order chi connectivity index (χ0) is 10.1. The maximum Gasteiger partial charge on any atom is 0.265 e. The van der Waals surface area contributed by atoms with Crippen LogP contribution < -0.4 is 0 Å². The maximum absolute atomic E-state index is 12.5. The van der Waals surface area contributed by atoms with Crippen LogP contribution in [0.5, 0.6) is 0 Å². The molecule has 2 rings (SSSR count). The number of para-hydroxylation sites is 1. The van der Waals surface area contributed by atoms with Crippen molar-refractivity contribution >= 4 is 10.9 Å². The van der Waals surface area contributed by atoms with E-state index in [1.54, 1.807) is 13.0 Å². The van der Waals surface area contributed by atoms with E-state index in [2.05, 4.69) is 4.98 Å². The van der Waals surface area contributed by atoms with Gasteiger partial charge in [0.25, 0.3) is 6.43 Å². The van der Waals surface area contributed by atoms with Crippen LogP contribution in [-0.4, -0.2) is 4.98 Å². The summed E-state index contributed by atoms with van der Waals surface area (Å²) in [4.78, 5) is 4.12.